The number of nitrogens with two attached hydrogens (primary N) is 1. The van der Waals surface area contributed by atoms with Gasteiger partial charge in [0.25, 0.3) is 0 Å². The summed E-state index contributed by atoms with van der Waals surface area (Å²) in [5, 5.41) is 0. The van der Waals surface area contributed by atoms with Gasteiger partial charge in [0.2, 0.25) is 0 Å². The molecule has 1 nitrogen and oxygen atoms in total. The molecule has 0 saturated carbocycles. The van der Waals surface area contributed by atoms with Crippen LogP contribution in [0.5, 0.6) is 0 Å². The molecule has 2 N–H and O–H groups in total. The van der Waals surface area contributed by atoms with Gasteiger partial charge in [0.15, 0.2) is 0 Å². The molecule has 1 atom stereocenters. The van der Waals surface area contributed by atoms with Gasteiger partial charge in [-0.2, -0.15) is 0 Å². The van der Waals surface area contributed by atoms with Gasteiger partial charge in [-0.25, -0.2) is 0 Å². The summed E-state index contributed by atoms with van der Waals surface area (Å²) in [4.78, 5) is 0. The lowest BCUT2D eigenvalue weighted by Gasteiger charge is -2.27. The van der Waals surface area contributed by atoms with Crippen molar-refractivity contribution in [1.82, 2.24) is 0 Å². The minimum Gasteiger partial charge on any atom is -0.402 e. The summed E-state index contributed by atoms with van der Waals surface area (Å²) in [6.07, 6.45) is 4.70. The van der Waals surface area contributed by atoms with Gasteiger partial charge in [0.05, 0.1) is 0 Å². The molecule has 0 bridgehead atoms. The first-order valence-electron chi connectivity index (χ1n) is 3.98. The smallest absolute Gasteiger partial charge is 0.110 e. The highest BCUT2D eigenvalue weighted by molar-refractivity contribution is 6.37. The summed E-state index contributed by atoms with van der Waals surface area (Å²) in [5.74, 6) is 0. The molecule has 10 heavy (non-hydrogen) atoms. The fraction of sp³-hybridized carbons (Fsp3) is 0.750. The second-order valence-electron chi connectivity index (χ2n) is 3.19. The molecule has 1 saturated heterocycles. The molecule has 1 unspecified atom stereocenters. The van der Waals surface area contributed by atoms with Gasteiger partial charge in [-0.3, -0.25) is 0 Å². The normalized spacial score (nSPS) is 31.7. The minimum absolute atomic E-state index is 0.264. The van der Waals surface area contributed by atoms with Crippen LogP contribution in [0, 0.1) is 5.41 Å². The molecule has 55 valence electrons. The summed E-state index contributed by atoms with van der Waals surface area (Å²) in [5.41, 5.74) is 6.87. The number of hydrogen-bond acceptors (Lipinski definition) is 1. The molecule has 0 aliphatic carbocycles. The second kappa shape index (κ2) is 2.69. The van der Waals surface area contributed by atoms with Crippen molar-refractivity contribution >= 4 is 7.28 Å². The van der Waals surface area contributed by atoms with Gasteiger partial charge in [0.1, 0.15) is 7.28 Å². The maximum Gasteiger partial charge on any atom is 0.110 e. The van der Waals surface area contributed by atoms with Crippen LogP contribution in [0.4, 0.5) is 0 Å². The molecule has 2 heteroatoms. The number of allylic oxidation sites excluding steroid dienone is 1. The lowest BCUT2D eigenvalue weighted by molar-refractivity contribution is 0.384. The zero-order chi connectivity index (χ0) is 7.61. The molecule has 0 aromatic carbocycles. The standard InChI is InChI=1S/C8H15BN/c1-3-8(7(2)10)4-5-9-6-8/h2-6,10H2,1H3. The van der Waals surface area contributed by atoms with Gasteiger partial charge in [-0.15, -0.1) is 0 Å². The average molecular weight is 136 g/mol. The Morgan fingerprint density at radius 2 is 2.50 bits per heavy atom. The first-order chi connectivity index (χ1) is 4.71. The van der Waals surface area contributed by atoms with E-state index in [4.69, 9.17) is 5.73 Å². The average Bonchev–Trinajstić information content (AvgIpc) is 2.35. The van der Waals surface area contributed by atoms with Crippen molar-refractivity contribution < 1.29 is 0 Å². The van der Waals surface area contributed by atoms with Crippen LogP contribution in [-0.2, 0) is 0 Å². The third kappa shape index (κ3) is 1.07. The van der Waals surface area contributed by atoms with E-state index in [2.05, 4.69) is 20.8 Å². The van der Waals surface area contributed by atoms with Crippen molar-refractivity contribution in [1.29, 1.82) is 0 Å². The maximum atomic E-state index is 5.73. The van der Waals surface area contributed by atoms with E-state index in [-0.39, 0.29) is 5.41 Å². The molecule has 1 rings (SSSR count). The maximum absolute atomic E-state index is 5.73. The molecule has 1 heterocycles. The fourth-order valence-electron chi connectivity index (χ4n) is 1.70. The van der Waals surface area contributed by atoms with Crippen LogP contribution in [-0.4, -0.2) is 7.28 Å². The van der Waals surface area contributed by atoms with Crippen LogP contribution >= 0.6 is 0 Å². The Kier molecular flexibility index (Phi) is 2.07. The van der Waals surface area contributed by atoms with Crippen molar-refractivity contribution in [3.63, 3.8) is 0 Å². The Labute approximate surface area is 63.9 Å². The van der Waals surface area contributed by atoms with Crippen LogP contribution in [0.2, 0.25) is 12.6 Å². The Bertz CT molecular complexity index is 136. The predicted octanol–water partition coefficient (Wildman–Crippen LogP) is 1.80. The molecule has 0 aromatic rings. The summed E-state index contributed by atoms with van der Waals surface area (Å²) < 4.78 is 0. The zero-order valence-electron chi connectivity index (χ0n) is 6.69. The van der Waals surface area contributed by atoms with Crippen molar-refractivity contribution in [2.45, 2.75) is 32.4 Å². The van der Waals surface area contributed by atoms with E-state index in [1.807, 2.05) is 0 Å². The van der Waals surface area contributed by atoms with Crippen LogP contribution in [0.1, 0.15) is 19.8 Å². The lowest BCUT2D eigenvalue weighted by atomic mass is 9.70. The van der Waals surface area contributed by atoms with Gasteiger partial charge in [-0.05, 0) is 12.8 Å². The van der Waals surface area contributed by atoms with Gasteiger partial charge < -0.3 is 5.73 Å². The first kappa shape index (κ1) is 7.71. The van der Waals surface area contributed by atoms with Gasteiger partial charge in [0, 0.05) is 11.1 Å². The highest BCUT2D eigenvalue weighted by Gasteiger charge is 2.33. The van der Waals surface area contributed by atoms with E-state index in [1.165, 1.54) is 12.7 Å². The SMILES string of the molecule is C=C(N)C1(CC)C[B]CC1. The second-order valence-corrected chi connectivity index (χ2v) is 3.19. The van der Waals surface area contributed by atoms with Crippen LogP contribution < -0.4 is 5.73 Å². The molecule has 1 aliphatic rings. The summed E-state index contributed by atoms with van der Waals surface area (Å²) in [7, 11) is 2.32. The van der Waals surface area contributed by atoms with Crippen molar-refractivity contribution in [2.24, 2.45) is 11.1 Å². The number of rotatable bonds is 2. The Balaban J connectivity index is 2.67. The monoisotopic (exact) mass is 136 g/mol. The highest BCUT2D eigenvalue weighted by Crippen LogP contribution is 2.42. The third-order valence-electron chi connectivity index (χ3n) is 2.72. The molecule has 1 aliphatic heterocycles. The molecule has 0 aromatic heterocycles. The van der Waals surface area contributed by atoms with Crippen molar-refractivity contribution in [2.75, 3.05) is 0 Å². The zero-order valence-corrected chi connectivity index (χ0v) is 6.69. The lowest BCUT2D eigenvalue weighted by Crippen LogP contribution is -2.22. The van der Waals surface area contributed by atoms with Crippen LogP contribution in [0.3, 0.4) is 0 Å². The molecular formula is C8H15BN. The third-order valence-corrected chi connectivity index (χ3v) is 2.72. The van der Waals surface area contributed by atoms with Gasteiger partial charge in [-0.1, -0.05) is 26.1 Å². The van der Waals surface area contributed by atoms with E-state index < -0.39 is 0 Å². The first-order valence-corrected chi connectivity index (χ1v) is 3.98. The van der Waals surface area contributed by atoms with E-state index in [9.17, 15) is 0 Å². The summed E-state index contributed by atoms with van der Waals surface area (Å²) in [6.45, 7) is 6.03. The van der Waals surface area contributed by atoms with Gasteiger partial charge >= 0.3 is 0 Å². The molecule has 0 amide bonds. The Hall–Kier alpha value is -0.395. The van der Waals surface area contributed by atoms with Crippen molar-refractivity contribution in [3.05, 3.63) is 12.3 Å². The Morgan fingerprint density at radius 1 is 1.80 bits per heavy atom. The molecular weight excluding hydrogens is 121 g/mol. The largest absolute Gasteiger partial charge is 0.402 e. The van der Waals surface area contributed by atoms with E-state index >= 15 is 0 Å². The van der Waals surface area contributed by atoms with E-state index in [0.29, 0.717) is 0 Å². The van der Waals surface area contributed by atoms with E-state index in [1.54, 1.807) is 0 Å². The Morgan fingerprint density at radius 3 is 2.70 bits per heavy atom. The highest BCUT2D eigenvalue weighted by atomic mass is 14.6. The topological polar surface area (TPSA) is 26.0 Å². The van der Waals surface area contributed by atoms with Crippen molar-refractivity contribution in [3.8, 4) is 0 Å². The summed E-state index contributed by atoms with van der Waals surface area (Å²) >= 11 is 0. The summed E-state index contributed by atoms with van der Waals surface area (Å²) in [6, 6.07) is 0. The quantitative estimate of drug-likeness (QED) is 0.575. The molecule has 1 radical (unpaired) electrons. The van der Waals surface area contributed by atoms with Crippen LogP contribution in [0.25, 0.3) is 0 Å². The number of hydrogen-bond donors (Lipinski definition) is 1. The molecule has 1 fully saturated rings. The minimum atomic E-state index is 0.264. The van der Waals surface area contributed by atoms with E-state index in [0.717, 1.165) is 18.4 Å². The van der Waals surface area contributed by atoms with Crippen LogP contribution in [0.15, 0.2) is 12.3 Å². The predicted molar refractivity (Wildman–Crippen MR) is 46.0 cm³/mol. The fourth-order valence-corrected chi connectivity index (χ4v) is 1.70. The molecule has 0 spiro atoms.